The smallest absolute Gasteiger partial charge is 0.253 e. The predicted octanol–water partition coefficient (Wildman–Crippen LogP) is 2.54. The second-order valence-corrected chi connectivity index (χ2v) is 8.13. The van der Waals surface area contributed by atoms with Crippen molar-refractivity contribution < 1.29 is 4.79 Å². The van der Waals surface area contributed by atoms with Crippen LogP contribution in [0, 0.1) is 0 Å². The average molecular weight is 382 g/mol. The zero-order chi connectivity index (χ0) is 18.2. The lowest BCUT2D eigenvalue weighted by Crippen LogP contribution is -2.35. The van der Waals surface area contributed by atoms with Crippen molar-refractivity contribution in [1.29, 1.82) is 0 Å². The Balaban J connectivity index is 1.45. The fourth-order valence-electron chi connectivity index (χ4n) is 3.41. The molecule has 140 valence electrons. The third kappa shape index (κ3) is 3.54. The summed E-state index contributed by atoms with van der Waals surface area (Å²) in [6, 6.07) is 4.62. The molecule has 3 N–H and O–H groups in total. The Labute approximate surface area is 161 Å². The summed E-state index contributed by atoms with van der Waals surface area (Å²) >= 11 is 1.61. The monoisotopic (exact) mass is 382 g/mol. The molecule has 0 aromatic carbocycles. The number of anilines is 1. The van der Waals surface area contributed by atoms with Gasteiger partial charge in [0.2, 0.25) is 5.95 Å². The maximum atomic E-state index is 12.3. The second kappa shape index (κ2) is 6.94. The minimum Gasteiger partial charge on any atom is -0.351 e. The number of aromatic nitrogens is 3. The van der Waals surface area contributed by atoms with E-state index in [9.17, 15) is 4.79 Å². The van der Waals surface area contributed by atoms with Crippen LogP contribution in [0.4, 0.5) is 5.95 Å². The molecule has 0 atom stereocenters. The summed E-state index contributed by atoms with van der Waals surface area (Å²) in [5, 5.41) is 12.9. The lowest BCUT2D eigenvalue weighted by molar-refractivity contribution is 0.0951. The van der Waals surface area contributed by atoms with E-state index in [1.165, 1.54) is 0 Å². The fourth-order valence-corrected chi connectivity index (χ4v) is 4.17. The Morgan fingerprint density at radius 2 is 2.00 bits per heavy atom. The van der Waals surface area contributed by atoms with E-state index in [2.05, 4.69) is 20.9 Å². The van der Waals surface area contributed by atoms with Crippen molar-refractivity contribution in [1.82, 2.24) is 25.2 Å². The average Bonchev–Trinajstić information content (AvgIpc) is 3.18. The van der Waals surface area contributed by atoms with Crippen LogP contribution < -0.4 is 16.0 Å². The van der Waals surface area contributed by atoms with E-state index in [1.54, 1.807) is 11.3 Å². The number of hydrogen-bond acceptors (Lipinski definition) is 6. The van der Waals surface area contributed by atoms with E-state index < -0.39 is 0 Å². The molecule has 4 heterocycles. The highest BCUT2D eigenvalue weighted by Crippen LogP contribution is 2.27. The Hall–Kier alpha value is -2.45. The number of amides is 1. The molecular weight excluding hydrogens is 360 g/mol. The van der Waals surface area contributed by atoms with Crippen molar-refractivity contribution in [2.75, 3.05) is 18.4 Å². The molecule has 2 aliphatic rings. The summed E-state index contributed by atoms with van der Waals surface area (Å²) < 4.78 is 1.92. The fraction of sp³-hybridized carbons (Fsp3) is 0.421. The third-order valence-corrected chi connectivity index (χ3v) is 5.90. The molecule has 27 heavy (non-hydrogen) atoms. The van der Waals surface area contributed by atoms with Gasteiger partial charge < -0.3 is 20.5 Å². The quantitative estimate of drug-likeness (QED) is 0.632. The molecule has 1 aliphatic carbocycles. The molecule has 7 nitrogen and oxygen atoms in total. The van der Waals surface area contributed by atoms with Gasteiger partial charge >= 0.3 is 0 Å². The largest absolute Gasteiger partial charge is 0.351 e. The van der Waals surface area contributed by atoms with E-state index in [1.807, 2.05) is 34.5 Å². The van der Waals surface area contributed by atoms with Crippen molar-refractivity contribution >= 4 is 33.4 Å². The summed E-state index contributed by atoms with van der Waals surface area (Å²) in [4.78, 5) is 22.7. The highest BCUT2D eigenvalue weighted by Gasteiger charge is 2.24. The van der Waals surface area contributed by atoms with Gasteiger partial charge in [-0.15, -0.1) is 11.3 Å². The number of carbonyl (C=O) groups is 1. The van der Waals surface area contributed by atoms with Crippen LogP contribution >= 0.6 is 11.3 Å². The summed E-state index contributed by atoms with van der Waals surface area (Å²) in [6.45, 7) is 2.03. The number of carbonyl (C=O) groups excluding carboxylic acids is 1. The first kappa shape index (κ1) is 16.7. The molecule has 3 aromatic rings. The molecule has 2 fully saturated rings. The van der Waals surface area contributed by atoms with E-state index in [0.29, 0.717) is 23.6 Å². The molecule has 1 aliphatic heterocycles. The zero-order valence-corrected chi connectivity index (χ0v) is 15.8. The number of rotatable bonds is 5. The highest BCUT2D eigenvalue weighted by atomic mass is 32.1. The van der Waals surface area contributed by atoms with E-state index in [-0.39, 0.29) is 5.91 Å². The van der Waals surface area contributed by atoms with Gasteiger partial charge in [-0.05, 0) is 56.3 Å². The maximum absolute atomic E-state index is 12.3. The van der Waals surface area contributed by atoms with Gasteiger partial charge in [0, 0.05) is 24.5 Å². The molecule has 0 bridgehead atoms. The number of hydrogen-bond donors (Lipinski definition) is 3. The Bertz CT molecular complexity index is 970. The maximum Gasteiger partial charge on any atom is 0.253 e. The Morgan fingerprint density at radius 3 is 2.81 bits per heavy atom. The topological polar surface area (TPSA) is 83.9 Å². The Morgan fingerprint density at radius 1 is 1.15 bits per heavy atom. The van der Waals surface area contributed by atoms with Gasteiger partial charge in [0.05, 0.1) is 10.9 Å². The van der Waals surface area contributed by atoms with Crippen molar-refractivity contribution in [2.45, 2.75) is 37.8 Å². The highest BCUT2D eigenvalue weighted by molar-refractivity contribution is 7.16. The first-order valence-corrected chi connectivity index (χ1v) is 10.4. The lowest BCUT2D eigenvalue weighted by atomic mass is 10.1. The van der Waals surface area contributed by atoms with Crippen LogP contribution in [0.25, 0.3) is 16.0 Å². The molecular formula is C19H22N6OS. The minimum absolute atomic E-state index is 0.0140. The molecule has 0 unspecified atom stereocenters. The number of nitrogens with zero attached hydrogens (tertiary/aromatic N) is 3. The lowest BCUT2D eigenvalue weighted by Gasteiger charge is -2.23. The van der Waals surface area contributed by atoms with Crippen molar-refractivity contribution in [3.8, 4) is 5.82 Å². The first-order valence-electron chi connectivity index (χ1n) is 9.48. The van der Waals surface area contributed by atoms with Crippen LogP contribution in [0.15, 0.2) is 29.9 Å². The molecule has 8 heteroatoms. The van der Waals surface area contributed by atoms with Crippen LogP contribution in [0.1, 0.15) is 36.0 Å². The number of thiophene rings is 1. The van der Waals surface area contributed by atoms with Crippen molar-refractivity contribution in [3.05, 3.63) is 35.5 Å². The first-order chi connectivity index (χ1) is 13.3. The van der Waals surface area contributed by atoms with E-state index in [4.69, 9.17) is 4.98 Å². The summed E-state index contributed by atoms with van der Waals surface area (Å²) in [5.41, 5.74) is 0.664. The van der Waals surface area contributed by atoms with Gasteiger partial charge in [0.25, 0.3) is 5.91 Å². The number of piperidine rings is 1. The standard InChI is InChI=1S/C19H22N6OS/c26-17(21-13-1-2-13)12-5-9-25(11-12)16-15-6-10-27-18(15)24-19(23-16)22-14-3-7-20-8-4-14/h5-6,9-11,13-14,20H,1-4,7-8H2,(H,21,26)(H,22,23,24). The van der Waals surface area contributed by atoms with Crippen molar-refractivity contribution in [2.24, 2.45) is 0 Å². The SMILES string of the molecule is O=C(NC1CC1)c1ccn(-c2nc(NC3CCNCC3)nc3sccc23)c1. The van der Waals surface area contributed by atoms with Gasteiger partial charge in [0.15, 0.2) is 5.82 Å². The Kier molecular flexibility index (Phi) is 4.29. The summed E-state index contributed by atoms with van der Waals surface area (Å²) in [6.07, 6.45) is 8.05. The van der Waals surface area contributed by atoms with Gasteiger partial charge in [-0.2, -0.15) is 4.98 Å². The minimum atomic E-state index is -0.0140. The van der Waals surface area contributed by atoms with Crippen LogP contribution in [-0.4, -0.2) is 45.6 Å². The van der Waals surface area contributed by atoms with Crippen LogP contribution in [0.2, 0.25) is 0 Å². The van der Waals surface area contributed by atoms with Crippen molar-refractivity contribution in [3.63, 3.8) is 0 Å². The second-order valence-electron chi connectivity index (χ2n) is 7.23. The molecule has 1 saturated heterocycles. The van der Waals surface area contributed by atoms with Crippen LogP contribution in [-0.2, 0) is 0 Å². The normalized spacial score (nSPS) is 17.9. The molecule has 1 saturated carbocycles. The zero-order valence-electron chi connectivity index (χ0n) is 14.9. The van der Waals surface area contributed by atoms with Crippen LogP contribution in [0.3, 0.4) is 0 Å². The number of fused-ring (bicyclic) bond motifs is 1. The molecule has 0 spiro atoms. The van der Waals surface area contributed by atoms with E-state index in [0.717, 1.165) is 54.8 Å². The van der Waals surface area contributed by atoms with Gasteiger partial charge in [-0.3, -0.25) is 4.79 Å². The molecule has 5 rings (SSSR count). The van der Waals surface area contributed by atoms with Gasteiger partial charge in [-0.1, -0.05) is 0 Å². The third-order valence-electron chi connectivity index (χ3n) is 5.09. The number of nitrogens with one attached hydrogen (secondary N) is 3. The van der Waals surface area contributed by atoms with Gasteiger partial charge in [0.1, 0.15) is 4.83 Å². The molecule has 0 radical (unpaired) electrons. The van der Waals surface area contributed by atoms with E-state index >= 15 is 0 Å². The van der Waals surface area contributed by atoms with Crippen LogP contribution in [0.5, 0.6) is 0 Å². The molecule has 3 aromatic heterocycles. The predicted molar refractivity (Wildman–Crippen MR) is 107 cm³/mol. The summed E-state index contributed by atoms with van der Waals surface area (Å²) in [7, 11) is 0. The van der Waals surface area contributed by atoms with Gasteiger partial charge in [-0.25, -0.2) is 4.98 Å². The molecule has 1 amide bonds. The summed E-state index contributed by atoms with van der Waals surface area (Å²) in [5.74, 6) is 1.45.